The molecular formula is C19H17N5O3. The normalized spacial score (nSPS) is 10.2. The first-order valence-electron chi connectivity index (χ1n) is 8.22. The maximum Gasteiger partial charge on any atom is 0.322 e. The smallest absolute Gasteiger partial charge is 0.313 e. The fourth-order valence-corrected chi connectivity index (χ4v) is 2.44. The molecule has 0 spiro atoms. The van der Waals surface area contributed by atoms with Gasteiger partial charge in [0.25, 0.3) is 5.69 Å². The molecule has 0 aliphatic heterocycles. The number of carbonyl (C=O) groups excluding carboxylic acids is 1. The third-order valence-corrected chi connectivity index (χ3v) is 3.77. The van der Waals surface area contributed by atoms with Gasteiger partial charge in [-0.1, -0.05) is 12.1 Å². The number of aromatic nitrogens is 2. The lowest BCUT2D eigenvalue weighted by molar-refractivity contribution is -0.384. The number of pyridine rings is 2. The van der Waals surface area contributed by atoms with Crippen LogP contribution in [0.15, 0.2) is 73.1 Å². The molecule has 2 aromatic heterocycles. The Morgan fingerprint density at radius 2 is 1.48 bits per heavy atom. The van der Waals surface area contributed by atoms with Crippen molar-refractivity contribution in [1.82, 2.24) is 14.9 Å². The largest absolute Gasteiger partial charge is 0.322 e. The number of urea groups is 1. The summed E-state index contributed by atoms with van der Waals surface area (Å²) in [4.78, 5) is 33.1. The minimum atomic E-state index is -0.486. The van der Waals surface area contributed by atoms with Gasteiger partial charge in [-0.05, 0) is 36.4 Å². The quantitative estimate of drug-likeness (QED) is 0.532. The predicted molar refractivity (Wildman–Crippen MR) is 99.8 cm³/mol. The molecule has 8 heteroatoms. The molecule has 3 rings (SSSR count). The Morgan fingerprint density at radius 1 is 0.926 bits per heavy atom. The van der Waals surface area contributed by atoms with Crippen LogP contribution in [0.2, 0.25) is 0 Å². The van der Waals surface area contributed by atoms with Gasteiger partial charge in [-0.3, -0.25) is 20.1 Å². The fourth-order valence-electron chi connectivity index (χ4n) is 2.44. The van der Waals surface area contributed by atoms with Crippen LogP contribution in [0.4, 0.5) is 16.2 Å². The highest BCUT2D eigenvalue weighted by Crippen LogP contribution is 2.17. The van der Waals surface area contributed by atoms with Crippen molar-refractivity contribution in [3.8, 4) is 0 Å². The Labute approximate surface area is 155 Å². The number of benzene rings is 1. The number of hydrogen-bond acceptors (Lipinski definition) is 5. The lowest BCUT2D eigenvalue weighted by atomic mass is 10.2. The maximum atomic E-state index is 12.8. The van der Waals surface area contributed by atoms with Gasteiger partial charge >= 0.3 is 6.03 Å². The topological polar surface area (TPSA) is 101 Å². The molecule has 0 unspecified atom stereocenters. The maximum absolute atomic E-state index is 12.8. The van der Waals surface area contributed by atoms with Gasteiger partial charge < -0.3 is 10.2 Å². The number of amides is 2. The average Bonchev–Trinajstić information content (AvgIpc) is 2.69. The van der Waals surface area contributed by atoms with E-state index in [9.17, 15) is 14.9 Å². The third kappa shape index (κ3) is 5.08. The molecule has 0 bridgehead atoms. The molecule has 136 valence electrons. The number of rotatable bonds is 6. The zero-order valence-electron chi connectivity index (χ0n) is 14.4. The first-order valence-corrected chi connectivity index (χ1v) is 8.22. The van der Waals surface area contributed by atoms with Gasteiger partial charge in [0.15, 0.2) is 0 Å². The minimum absolute atomic E-state index is 0.0353. The fraction of sp³-hybridized carbons (Fsp3) is 0.105. The number of non-ortho nitro benzene ring substituents is 1. The Hall–Kier alpha value is -3.81. The predicted octanol–water partition coefficient (Wildman–Crippen LogP) is 3.62. The van der Waals surface area contributed by atoms with Crippen LogP contribution in [-0.4, -0.2) is 25.8 Å². The van der Waals surface area contributed by atoms with E-state index in [0.29, 0.717) is 18.8 Å². The lowest BCUT2D eigenvalue weighted by Gasteiger charge is -2.22. The van der Waals surface area contributed by atoms with Crippen molar-refractivity contribution in [3.63, 3.8) is 0 Å². The number of carbonyl (C=O) groups is 1. The Balaban J connectivity index is 1.76. The summed E-state index contributed by atoms with van der Waals surface area (Å²) in [5, 5.41) is 13.5. The van der Waals surface area contributed by atoms with Gasteiger partial charge in [-0.2, -0.15) is 0 Å². The molecular weight excluding hydrogens is 346 g/mol. The Bertz CT molecular complexity index is 860. The summed E-state index contributed by atoms with van der Waals surface area (Å²) in [7, 11) is 0. The standard InChI is InChI=1S/C19H17N5O3/c25-19(22-15-7-9-18(10-8-15)24(26)27)23(13-16-5-1-3-11-20-16)14-17-6-2-4-12-21-17/h1-12H,13-14H2,(H,22,25). The summed E-state index contributed by atoms with van der Waals surface area (Å²) in [5.41, 5.74) is 1.92. The van der Waals surface area contributed by atoms with E-state index in [2.05, 4.69) is 15.3 Å². The second kappa shape index (κ2) is 8.52. The molecule has 27 heavy (non-hydrogen) atoms. The van der Waals surface area contributed by atoms with E-state index < -0.39 is 4.92 Å². The monoisotopic (exact) mass is 363 g/mol. The van der Waals surface area contributed by atoms with E-state index in [1.807, 2.05) is 36.4 Å². The molecule has 1 N–H and O–H groups in total. The summed E-state index contributed by atoms with van der Waals surface area (Å²) >= 11 is 0. The molecule has 0 aliphatic rings. The summed E-state index contributed by atoms with van der Waals surface area (Å²) < 4.78 is 0. The van der Waals surface area contributed by atoms with E-state index in [1.54, 1.807) is 17.3 Å². The molecule has 2 heterocycles. The van der Waals surface area contributed by atoms with Crippen molar-refractivity contribution in [2.75, 3.05) is 5.32 Å². The molecule has 0 saturated carbocycles. The van der Waals surface area contributed by atoms with Crippen LogP contribution in [-0.2, 0) is 13.1 Å². The minimum Gasteiger partial charge on any atom is -0.313 e. The highest BCUT2D eigenvalue weighted by Gasteiger charge is 2.16. The van der Waals surface area contributed by atoms with Crippen LogP contribution >= 0.6 is 0 Å². The highest BCUT2D eigenvalue weighted by molar-refractivity contribution is 5.89. The Kier molecular flexibility index (Phi) is 5.68. The van der Waals surface area contributed by atoms with Crippen molar-refractivity contribution < 1.29 is 9.72 Å². The number of hydrogen-bond donors (Lipinski definition) is 1. The Morgan fingerprint density at radius 3 is 1.93 bits per heavy atom. The molecule has 0 aliphatic carbocycles. The highest BCUT2D eigenvalue weighted by atomic mass is 16.6. The molecule has 0 fully saturated rings. The van der Waals surface area contributed by atoms with Gasteiger partial charge in [0, 0.05) is 30.2 Å². The van der Waals surface area contributed by atoms with Gasteiger partial charge in [-0.25, -0.2) is 4.79 Å². The van der Waals surface area contributed by atoms with E-state index in [1.165, 1.54) is 24.3 Å². The van der Waals surface area contributed by atoms with Crippen LogP contribution < -0.4 is 5.32 Å². The van der Waals surface area contributed by atoms with Gasteiger partial charge in [-0.15, -0.1) is 0 Å². The summed E-state index contributed by atoms with van der Waals surface area (Å²) in [6.45, 7) is 0.604. The van der Waals surface area contributed by atoms with E-state index >= 15 is 0 Å². The molecule has 0 radical (unpaired) electrons. The number of nitrogens with one attached hydrogen (secondary N) is 1. The van der Waals surface area contributed by atoms with E-state index in [0.717, 1.165) is 11.4 Å². The number of anilines is 1. The second-order valence-corrected chi connectivity index (χ2v) is 5.73. The summed E-state index contributed by atoms with van der Waals surface area (Å²) in [6.07, 6.45) is 3.34. The summed E-state index contributed by atoms with van der Waals surface area (Å²) in [5.74, 6) is 0. The van der Waals surface area contributed by atoms with E-state index in [4.69, 9.17) is 0 Å². The zero-order valence-corrected chi connectivity index (χ0v) is 14.4. The summed E-state index contributed by atoms with van der Waals surface area (Å²) in [6, 6.07) is 16.3. The van der Waals surface area contributed by atoms with Crippen molar-refractivity contribution in [2.24, 2.45) is 0 Å². The van der Waals surface area contributed by atoms with Crippen LogP contribution in [0.1, 0.15) is 11.4 Å². The van der Waals surface area contributed by atoms with Gasteiger partial charge in [0.1, 0.15) is 0 Å². The first kappa shape index (κ1) is 18.0. The molecule has 3 aromatic rings. The molecule has 1 aromatic carbocycles. The van der Waals surface area contributed by atoms with Crippen molar-refractivity contribution in [2.45, 2.75) is 13.1 Å². The SMILES string of the molecule is O=C(Nc1ccc([N+](=O)[O-])cc1)N(Cc1ccccn1)Cc1ccccn1. The number of nitro groups is 1. The molecule has 0 saturated heterocycles. The first-order chi connectivity index (χ1) is 13.1. The van der Waals surface area contributed by atoms with Crippen LogP contribution in [0.5, 0.6) is 0 Å². The van der Waals surface area contributed by atoms with Gasteiger partial charge in [0.05, 0.1) is 29.4 Å². The second-order valence-electron chi connectivity index (χ2n) is 5.73. The van der Waals surface area contributed by atoms with Crippen molar-refractivity contribution >= 4 is 17.4 Å². The molecule has 8 nitrogen and oxygen atoms in total. The van der Waals surface area contributed by atoms with Crippen LogP contribution in [0, 0.1) is 10.1 Å². The van der Waals surface area contributed by atoms with Crippen molar-refractivity contribution in [1.29, 1.82) is 0 Å². The zero-order chi connectivity index (χ0) is 19.1. The number of nitrogens with zero attached hydrogens (tertiary/aromatic N) is 4. The number of nitro benzene ring substituents is 1. The lowest BCUT2D eigenvalue weighted by Crippen LogP contribution is -2.34. The molecule has 0 atom stereocenters. The molecule has 2 amide bonds. The van der Waals surface area contributed by atoms with Crippen LogP contribution in [0.3, 0.4) is 0 Å². The van der Waals surface area contributed by atoms with E-state index in [-0.39, 0.29) is 11.7 Å². The van der Waals surface area contributed by atoms with Gasteiger partial charge in [0.2, 0.25) is 0 Å². The van der Waals surface area contributed by atoms with Crippen LogP contribution in [0.25, 0.3) is 0 Å². The third-order valence-electron chi connectivity index (χ3n) is 3.77. The average molecular weight is 363 g/mol. The van der Waals surface area contributed by atoms with Crippen molar-refractivity contribution in [3.05, 3.63) is 94.6 Å².